The molecule has 2 amide bonds. The third-order valence-electron chi connectivity index (χ3n) is 2.54. The summed E-state index contributed by atoms with van der Waals surface area (Å²) in [4.78, 5) is 23.7. The van der Waals surface area contributed by atoms with Crippen LogP contribution in [-0.2, 0) is 4.79 Å². The van der Waals surface area contributed by atoms with Gasteiger partial charge in [0.05, 0.1) is 0 Å². The summed E-state index contributed by atoms with van der Waals surface area (Å²) in [5.74, 6) is -0.957. The molecule has 5 nitrogen and oxygen atoms in total. The van der Waals surface area contributed by atoms with E-state index in [1.165, 1.54) is 4.90 Å². The standard InChI is InChI=1S/C10H18N2O3/c1-3-7(2)11-10(15)12(6-9(13)14)8-4-5-8/h7-8H,3-6H2,1-2H3,(H,11,15)(H,13,14). The maximum absolute atomic E-state index is 11.7. The third kappa shape index (κ3) is 3.77. The van der Waals surface area contributed by atoms with Gasteiger partial charge in [0.25, 0.3) is 0 Å². The lowest BCUT2D eigenvalue weighted by molar-refractivity contribution is -0.137. The first-order valence-corrected chi connectivity index (χ1v) is 5.33. The van der Waals surface area contributed by atoms with E-state index in [2.05, 4.69) is 5.32 Å². The van der Waals surface area contributed by atoms with Crippen LogP contribution < -0.4 is 5.32 Å². The van der Waals surface area contributed by atoms with Gasteiger partial charge < -0.3 is 15.3 Å². The molecule has 1 unspecified atom stereocenters. The molecule has 86 valence electrons. The van der Waals surface area contributed by atoms with E-state index in [1.54, 1.807) is 0 Å². The summed E-state index contributed by atoms with van der Waals surface area (Å²) >= 11 is 0. The summed E-state index contributed by atoms with van der Waals surface area (Å²) in [6, 6.07) is -0.0352. The second kappa shape index (κ2) is 5.00. The Labute approximate surface area is 89.4 Å². The SMILES string of the molecule is CCC(C)NC(=O)N(CC(=O)O)C1CC1. The Balaban J connectivity index is 2.47. The number of urea groups is 1. The number of carboxylic acids is 1. The predicted octanol–water partition coefficient (Wildman–Crippen LogP) is 1.04. The second-order valence-electron chi connectivity index (χ2n) is 4.01. The van der Waals surface area contributed by atoms with Gasteiger partial charge >= 0.3 is 12.0 Å². The van der Waals surface area contributed by atoms with Crippen molar-refractivity contribution in [1.29, 1.82) is 0 Å². The highest BCUT2D eigenvalue weighted by Crippen LogP contribution is 2.26. The smallest absolute Gasteiger partial charge is 0.323 e. The number of carbonyl (C=O) groups is 2. The third-order valence-corrected chi connectivity index (χ3v) is 2.54. The lowest BCUT2D eigenvalue weighted by Crippen LogP contribution is -2.46. The van der Waals surface area contributed by atoms with Gasteiger partial charge in [0.2, 0.25) is 0 Å². The van der Waals surface area contributed by atoms with Crippen LogP contribution in [-0.4, -0.2) is 40.6 Å². The zero-order valence-electron chi connectivity index (χ0n) is 9.19. The monoisotopic (exact) mass is 214 g/mol. The number of rotatable bonds is 5. The number of nitrogens with zero attached hydrogens (tertiary/aromatic N) is 1. The van der Waals surface area contributed by atoms with Gasteiger partial charge in [0.1, 0.15) is 6.54 Å². The van der Waals surface area contributed by atoms with E-state index in [4.69, 9.17) is 5.11 Å². The highest BCUT2D eigenvalue weighted by atomic mass is 16.4. The van der Waals surface area contributed by atoms with Crippen LogP contribution in [0.2, 0.25) is 0 Å². The van der Waals surface area contributed by atoms with Crippen molar-refractivity contribution in [2.45, 2.75) is 45.2 Å². The molecule has 0 aliphatic heterocycles. The molecule has 1 rings (SSSR count). The van der Waals surface area contributed by atoms with E-state index in [9.17, 15) is 9.59 Å². The molecule has 1 atom stereocenters. The van der Waals surface area contributed by atoms with E-state index in [0.29, 0.717) is 0 Å². The molecule has 0 heterocycles. The summed E-state index contributed by atoms with van der Waals surface area (Å²) in [5.41, 5.74) is 0. The van der Waals surface area contributed by atoms with Crippen molar-refractivity contribution in [3.63, 3.8) is 0 Å². The Morgan fingerprint density at radius 1 is 1.53 bits per heavy atom. The van der Waals surface area contributed by atoms with Crippen LogP contribution in [0.15, 0.2) is 0 Å². The average molecular weight is 214 g/mol. The Morgan fingerprint density at radius 3 is 2.53 bits per heavy atom. The number of nitrogens with one attached hydrogen (secondary N) is 1. The van der Waals surface area contributed by atoms with Crippen molar-refractivity contribution < 1.29 is 14.7 Å². The molecular formula is C10H18N2O3. The van der Waals surface area contributed by atoms with Crippen molar-refractivity contribution in [2.75, 3.05) is 6.54 Å². The summed E-state index contributed by atoms with van der Waals surface area (Å²) in [7, 11) is 0. The fourth-order valence-corrected chi connectivity index (χ4v) is 1.29. The van der Waals surface area contributed by atoms with Gasteiger partial charge in [-0.15, -0.1) is 0 Å². The molecule has 0 bridgehead atoms. The summed E-state index contributed by atoms with van der Waals surface area (Å²) < 4.78 is 0. The van der Waals surface area contributed by atoms with E-state index >= 15 is 0 Å². The molecular weight excluding hydrogens is 196 g/mol. The second-order valence-corrected chi connectivity index (χ2v) is 4.01. The van der Waals surface area contributed by atoms with Crippen LogP contribution >= 0.6 is 0 Å². The summed E-state index contributed by atoms with van der Waals surface area (Å²) in [6.07, 6.45) is 2.68. The van der Waals surface area contributed by atoms with E-state index in [1.807, 2.05) is 13.8 Å². The van der Waals surface area contributed by atoms with Crippen LogP contribution in [0.4, 0.5) is 4.79 Å². The maximum Gasteiger partial charge on any atom is 0.323 e. The Bertz CT molecular complexity index is 251. The minimum Gasteiger partial charge on any atom is -0.480 e. The maximum atomic E-state index is 11.7. The van der Waals surface area contributed by atoms with Crippen molar-refractivity contribution in [2.24, 2.45) is 0 Å². The zero-order chi connectivity index (χ0) is 11.4. The lowest BCUT2D eigenvalue weighted by atomic mass is 10.3. The number of carboxylic acid groups (broad SMARTS) is 1. The van der Waals surface area contributed by atoms with E-state index < -0.39 is 5.97 Å². The number of hydrogen-bond donors (Lipinski definition) is 2. The van der Waals surface area contributed by atoms with Crippen LogP contribution in [0.25, 0.3) is 0 Å². The highest BCUT2D eigenvalue weighted by molar-refractivity contribution is 5.80. The molecule has 0 aromatic carbocycles. The van der Waals surface area contributed by atoms with Crippen molar-refractivity contribution >= 4 is 12.0 Å². The lowest BCUT2D eigenvalue weighted by Gasteiger charge is -2.23. The zero-order valence-corrected chi connectivity index (χ0v) is 9.19. The quantitative estimate of drug-likeness (QED) is 0.718. The number of carbonyl (C=O) groups excluding carboxylic acids is 1. The van der Waals surface area contributed by atoms with Crippen molar-refractivity contribution in [3.8, 4) is 0 Å². The molecule has 0 radical (unpaired) electrons. The molecule has 0 saturated heterocycles. The number of hydrogen-bond acceptors (Lipinski definition) is 2. The number of amides is 2. The molecule has 1 fully saturated rings. The van der Waals surface area contributed by atoms with Crippen LogP contribution in [0, 0.1) is 0 Å². The fraction of sp³-hybridized carbons (Fsp3) is 0.800. The first-order chi connectivity index (χ1) is 7.04. The molecule has 15 heavy (non-hydrogen) atoms. The summed E-state index contributed by atoms with van der Waals surface area (Å²) in [5, 5.41) is 11.5. The molecule has 2 N–H and O–H groups in total. The van der Waals surface area contributed by atoms with Crippen molar-refractivity contribution in [3.05, 3.63) is 0 Å². The van der Waals surface area contributed by atoms with E-state index in [0.717, 1.165) is 19.3 Å². The summed E-state index contributed by atoms with van der Waals surface area (Å²) in [6.45, 7) is 3.68. The predicted molar refractivity (Wildman–Crippen MR) is 55.6 cm³/mol. The Morgan fingerprint density at radius 2 is 2.13 bits per heavy atom. The molecule has 1 aliphatic rings. The largest absolute Gasteiger partial charge is 0.480 e. The first kappa shape index (κ1) is 11.8. The highest BCUT2D eigenvalue weighted by Gasteiger charge is 2.34. The van der Waals surface area contributed by atoms with Gasteiger partial charge in [-0.1, -0.05) is 6.92 Å². The molecule has 1 aliphatic carbocycles. The molecule has 0 aromatic heterocycles. The number of aliphatic carboxylic acids is 1. The topological polar surface area (TPSA) is 69.6 Å². The normalized spacial score (nSPS) is 16.9. The minimum absolute atomic E-state index is 0.0903. The van der Waals surface area contributed by atoms with Gasteiger partial charge in [-0.2, -0.15) is 0 Å². The Hall–Kier alpha value is -1.26. The molecule has 0 aromatic rings. The van der Waals surface area contributed by atoms with Crippen LogP contribution in [0.1, 0.15) is 33.1 Å². The molecule has 1 saturated carbocycles. The Kier molecular flexibility index (Phi) is 3.94. The minimum atomic E-state index is -0.957. The van der Waals surface area contributed by atoms with Gasteiger partial charge in [-0.3, -0.25) is 4.79 Å². The first-order valence-electron chi connectivity index (χ1n) is 5.33. The molecule has 0 spiro atoms. The molecule has 5 heteroatoms. The van der Waals surface area contributed by atoms with Gasteiger partial charge in [0, 0.05) is 12.1 Å². The average Bonchev–Trinajstić information content (AvgIpc) is 2.96. The van der Waals surface area contributed by atoms with Crippen LogP contribution in [0.3, 0.4) is 0 Å². The fourth-order valence-electron chi connectivity index (χ4n) is 1.29. The van der Waals surface area contributed by atoms with Gasteiger partial charge in [-0.05, 0) is 26.2 Å². The van der Waals surface area contributed by atoms with Crippen molar-refractivity contribution in [1.82, 2.24) is 10.2 Å². The van der Waals surface area contributed by atoms with Gasteiger partial charge in [-0.25, -0.2) is 4.79 Å². The van der Waals surface area contributed by atoms with Gasteiger partial charge in [0.15, 0.2) is 0 Å². The van der Waals surface area contributed by atoms with Crippen LogP contribution in [0.5, 0.6) is 0 Å². The van der Waals surface area contributed by atoms with E-state index in [-0.39, 0.29) is 24.7 Å².